The van der Waals surface area contributed by atoms with Crippen LogP contribution in [0.15, 0.2) is 18.2 Å². The highest BCUT2D eigenvalue weighted by molar-refractivity contribution is 5.93. The summed E-state index contributed by atoms with van der Waals surface area (Å²) in [5, 5.41) is 2.88. The van der Waals surface area contributed by atoms with Crippen molar-refractivity contribution in [1.29, 1.82) is 0 Å². The first kappa shape index (κ1) is 32.9. The van der Waals surface area contributed by atoms with Crippen molar-refractivity contribution < 1.29 is 33.3 Å². The molecule has 1 N–H and O–H groups in total. The van der Waals surface area contributed by atoms with Crippen molar-refractivity contribution in [2.75, 3.05) is 20.8 Å². The van der Waals surface area contributed by atoms with Crippen LogP contribution in [0.4, 0.5) is 4.79 Å². The number of nitrogens with one attached hydrogen (secondary N) is 1. The minimum absolute atomic E-state index is 0.0763. The number of amides is 2. The molecule has 5 rings (SSSR count). The van der Waals surface area contributed by atoms with Gasteiger partial charge in [-0.25, -0.2) is 14.8 Å². The maximum atomic E-state index is 14.3. The van der Waals surface area contributed by atoms with Crippen LogP contribution in [0.3, 0.4) is 0 Å². The number of carbonyl (C=O) groups is 3. The molecular formula is C34H48N4O7. The Bertz CT molecular complexity index is 1390. The first-order chi connectivity index (χ1) is 21.5. The second kappa shape index (κ2) is 13.9. The number of Topliss-reactive ketones (excluding diaryl/α,β-unsaturated/α-hetero) is 1. The number of ketones is 1. The number of benzene rings is 1. The number of rotatable bonds is 3. The number of hydrogen-bond donors (Lipinski definition) is 1. The number of aryl methyl sites for hydroxylation is 1. The van der Waals surface area contributed by atoms with E-state index in [4.69, 9.17) is 28.9 Å². The summed E-state index contributed by atoms with van der Waals surface area (Å²) in [4.78, 5) is 51.9. The molecule has 11 heteroatoms. The van der Waals surface area contributed by atoms with Crippen LogP contribution in [-0.4, -0.2) is 83.8 Å². The highest BCUT2D eigenvalue weighted by atomic mass is 16.6. The molecule has 3 heterocycles. The Balaban J connectivity index is 1.53. The van der Waals surface area contributed by atoms with Crippen LogP contribution in [0, 0.1) is 11.3 Å². The summed E-state index contributed by atoms with van der Waals surface area (Å²) in [6.07, 6.45) is 6.40. The number of methoxy groups -OCH3 is 2. The fraction of sp³-hybridized carbons (Fsp3) is 0.676. The molecule has 1 saturated carbocycles. The first-order valence-corrected chi connectivity index (χ1v) is 16.3. The number of aromatic nitrogens is 2. The maximum Gasteiger partial charge on any atom is 0.408 e. The molecule has 2 fully saturated rings. The third-order valence-electron chi connectivity index (χ3n) is 9.49. The van der Waals surface area contributed by atoms with Gasteiger partial charge >= 0.3 is 6.09 Å². The van der Waals surface area contributed by atoms with Crippen LogP contribution in [0.25, 0.3) is 11.0 Å². The van der Waals surface area contributed by atoms with Crippen LogP contribution in [0.2, 0.25) is 0 Å². The van der Waals surface area contributed by atoms with Crippen LogP contribution >= 0.6 is 0 Å². The number of carbonyl (C=O) groups excluding carboxylic acids is 3. The molecule has 2 aromatic rings. The normalized spacial score (nSPS) is 28.5. The Morgan fingerprint density at radius 1 is 0.956 bits per heavy atom. The van der Waals surface area contributed by atoms with E-state index in [0.29, 0.717) is 29.5 Å². The third kappa shape index (κ3) is 7.34. The molecule has 0 radical (unpaired) electrons. The molecule has 2 aliphatic heterocycles. The molecule has 2 bridgehead atoms. The molecular weight excluding hydrogens is 576 g/mol. The van der Waals surface area contributed by atoms with Gasteiger partial charge in [-0.2, -0.15) is 0 Å². The second-order valence-electron chi connectivity index (χ2n) is 13.8. The summed E-state index contributed by atoms with van der Waals surface area (Å²) in [7, 11) is 3.11. The quantitative estimate of drug-likeness (QED) is 0.501. The van der Waals surface area contributed by atoms with Crippen molar-refractivity contribution in [2.45, 2.75) is 116 Å². The summed E-state index contributed by atoms with van der Waals surface area (Å²) in [5.41, 5.74) is 1.42. The van der Waals surface area contributed by atoms with E-state index in [-0.39, 0.29) is 24.3 Å². The lowest BCUT2D eigenvalue weighted by atomic mass is 9.85. The maximum absolute atomic E-state index is 14.3. The lowest BCUT2D eigenvalue weighted by molar-refractivity contribution is -0.143. The first-order valence-electron chi connectivity index (χ1n) is 16.3. The van der Waals surface area contributed by atoms with Gasteiger partial charge in [-0.05, 0) is 68.9 Å². The van der Waals surface area contributed by atoms with Gasteiger partial charge in [0.2, 0.25) is 11.8 Å². The Kier molecular flexibility index (Phi) is 10.2. The standard InChI is InChI=1S/C34H48N4O7/c1-20(39)28-29(43-6)27-19-38(28)32(40)30(34(2,3)4)37-33(41)45-26-15-11-13-21(26)12-9-7-8-10-14-24-31(44-27)36-25-18-22(42-5)16-17-23(25)35-24/h16-18,21,26-30H,7-15,19H2,1-6H3,(H,37,41)/t21-,26-,27+,28-,29-,30-/m1/s1. The van der Waals surface area contributed by atoms with Gasteiger partial charge in [0.15, 0.2) is 5.78 Å². The van der Waals surface area contributed by atoms with E-state index in [2.05, 4.69) is 5.32 Å². The Morgan fingerprint density at radius 2 is 1.71 bits per heavy atom. The molecule has 11 nitrogen and oxygen atoms in total. The average molecular weight is 625 g/mol. The molecule has 246 valence electrons. The minimum Gasteiger partial charge on any atom is -0.497 e. The van der Waals surface area contributed by atoms with Gasteiger partial charge in [-0.1, -0.05) is 40.0 Å². The Hall–Kier alpha value is -3.47. The van der Waals surface area contributed by atoms with E-state index in [1.54, 1.807) is 7.11 Å². The molecule has 3 aliphatic rings. The third-order valence-corrected chi connectivity index (χ3v) is 9.49. The largest absolute Gasteiger partial charge is 0.497 e. The van der Waals surface area contributed by atoms with Gasteiger partial charge in [-0.15, -0.1) is 0 Å². The molecule has 1 aromatic heterocycles. The summed E-state index contributed by atoms with van der Waals surface area (Å²) >= 11 is 0. The zero-order chi connectivity index (χ0) is 32.3. The number of alkyl carbamates (subject to hydrolysis) is 1. The number of fused-ring (bicyclic) bond motifs is 5. The zero-order valence-electron chi connectivity index (χ0n) is 27.5. The number of hydrogen-bond acceptors (Lipinski definition) is 9. The van der Waals surface area contributed by atoms with E-state index in [9.17, 15) is 14.4 Å². The topological polar surface area (TPSA) is 129 Å². The lowest BCUT2D eigenvalue weighted by Gasteiger charge is -2.35. The van der Waals surface area contributed by atoms with Crippen molar-refractivity contribution in [3.63, 3.8) is 0 Å². The molecule has 1 aliphatic carbocycles. The molecule has 45 heavy (non-hydrogen) atoms. The predicted molar refractivity (Wildman–Crippen MR) is 168 cm³/mol. The Morgan fingerprint density at radius 3 is 2.42 bits per heavy atom. The van der Waals surface area contributed by atoms with E-state index in [1.165, 1.54) is 18.9 Å². The molecule has 1 saturated heterocycles. The van der Waals surface area contributed by atoms with E-state index >= 15 is 0 Å². The van der Waals surface area contributed by atoms with E-state index < -0.39 is 35.8 Å². The molecule has 2 amide bonds. The summed E-state index contributed by atoms with van der Waals surface area (Å²) in [5.74, 6) is 0.708. The monoisotopic (exact) mass is 624 g/mol. The van der Waals surface area contributed by atoms with Gasteiger partial charge in [0, 0.05) is 13.2 Å². The molecule has 6 atom stereocenters. The van der Waals surface area contributed by atoms with Gasteiger partial charge < -0.3 is 29.2 Å². The zero-order valence-corrected chi connectivity index (χ0v) is 27.5. The molecule has 0 spiro atoms. The van der Waals surface area contributed by atoms with Crippen LogP contribution in [-0.2, 0) is 25.5 Å². The fourth-order valence-corrected chi connectivity index (χ4v) is 7.08. The van der Waals surface area contributed by atoms with Gasteiger partial charge in [0.25, 0.3) is 0 Å². The van der Waals surface area contributed by atoms with Crippen LogP contribution in [0.1, 0.15) is 84.8 Å². The van der Waals surface area contributed by atoms with E-state index in [1.807, 2.05) is 39.0 Å². The summed E-state index contributed by atoms with van der Waals surface area (Å²) < 4.78 is 23.8. The Labute approximate surface area is 265 Å². The van der Waals surface area contributed by atoms with Crippen LogP contribution in [0.5, 0.6) is 11.6 Å². The summed E-state index contributed by atoms with van der Waals surface area (Å²) in [6, 6.07) is 3.71. The molecule has 1 aromatic carbocycles. The number of nitrogens with zero attached hydrogens (tertiary/aromatic N) is 3. The van der Waals surface area contributed by atoms with Gasteiger partial charge in [0.1, 0.15) is 41.8 Å². The summed E-state index contributed by atoms with van der Waals surface area (Å²) in [6.45, 7) is 7.17. The highest BCUT2D eigenvalue weighted by Crippen LogP contribution is 2.35. The average Bonchev–Trinajstić information content (AvgIpc) is 3.59. The minimum atomic E-state index is -0.937. The smallest absolute Gasteiger partial charge is 0.408 e. The van der Waals surface area contributed by atoms with Crippen molar-refractivity contribution in [3.8, 4) is 11.6 Å². The van der Waals surface area contributed by atoms with E-state index in [0.717, 1.165) is 62.6 Å². The fourth-order valence-electron chi connectivity index (χ4n) is 7.08. The molecule has 0 unspecified atom stereocenters. The second-order valence-corrected chi connectivity index (χ2v) is 13.8. The van der Waals surface area contributed by atoms with Crippen molar-refractivity contribution in [1.82, 2.24) is 20.2 Å². The lowest BCUT2D eigenvalue weighted by Crippen LogP contribution is -2.57. The van der Waals surface area contributed by atoms with Gasteiger partial charge in [0.05, 0.1) is 24.7 Å². The number of ether oxygens (including phenoxy) is 4. The SMILES string of the molecule is COc1ccc2nc3c(nc2c1)O[C@H]1CN(C(=O)[C@H](C(C)(C)C)NC(=O)O[C@@H]2CCC[C@H]2CCCCCC3)[C@H](C(C)=O)[C@@H]1OC. The van der Waals surface area contributed by atoms with Crippen molar-refractivity contribution in [3.05, 3.63) is 23.9 Å². The van der Waals surface area contributed by atoms with Crippen molar-refractivity contribution >= 4 is 28.8 Å². The highest BCUT2D eigenvalue weighted by Gasteiger charge is 2.51. The van der Waals surface area contributed by atoms with Crippen molar-refractivity contribution in [2.24, 2.45) is 11.3 Å². The van der Waals surface area contributed by atoms with Gasteiger partial charge in [-0.3, -0.25) is 9.59 Å². The predicted octanol–water partition coefficient (Wildman–Crippen LogP) is 5.02. The van der Waals surface area contributed by atoms with Crippen LogP contribution < -0.4 is 14.8 Å².